The van der Waals surface area contributed by atoms with E-state index < -0.39 is 10.0 Å². The summed E-state index contributed by atoms with van der Waals surface area (Å²) in [5.41, 5.74) is 2.08. The van der Waals surface area contributed by atoms with Crippen molar-refractivity contribution in [3.63, 3.8) is 0 Å². The van der Waals surface area contributed by atoms with E-state index in [1.165, 1.54) is 12.7 Å². The van der Waals surface area contributed by atoms with Crippen LogP contribution in [-0.2, 0) is 16.6 Å². The number of benzene rings is 2. The SMILES string of the molecule is CCNC(=NCc1cccc(S(=O)(=O)NC)c1)NC1CCN(c2ccccc2)C1. The maximum atomic E-state index is 12.0. The molecule has 1 saturated heterocycles. The number of nitrogens with zero attached hydrogens (tertiary/aromatic N) is 2. The molecule has 1 aliphatic heterocycles. The minimum absolute atomic E-state index is 0.250. The van der Waals surface area contributed by atoms with Crippen molar-refractivity contribution in [1.82, 2.24) is 15.4 Å². The predicted molar refractivity (Wildman–Crippen MR) is 118 cm³/mol. The molecule has 0 saturated carbocycles. The highest BCUT2D eigenvalue weighted by atomic mass is 32.2. The van der Waals surface area contributed by atoms with Gasteiger partial charge in [-0.1, -0.05) is 30.3 Å². The molecular weight excluding hydrogens is 386 g/mol. The smallest absolute Gasteiger partial charge is 0.240 e. The lowest BCUT2D eigenvalue weighted by Gasteiger charge is -2.20. The summed E-state index contributed by atoms with van der Waals surface area (Å²) in [6.07, 6.45) is 1.04. The molecule has 0 aliphatic carbocycles. The van der Waals surface area contributed by atoms with Crippen molar-refractivity contribution >= 4 is 21.7 Å². The third kappa shape index (κ3) is 5.71. The average Bonchev–Trinajstić information content (AvgIpc) is 3.21. The maximum absolute atomic E-state index is 12.0. The van der Waals surface area contributed by atoms with Crippen molar-refractivity contribution in [2.45, 2.75) is 30.8 Å². The van der Waals surface area contributed by atoms with E-state index in [1.807, 2.05) is 19.1 Å². The van der Waals surface area contributed by atoms with E-state index in [0.29, 0.717) is 12.6 Å². The van der Waals surface area contributed by atoms with Crippen LogP contribution >= 0.6 is 0 Å². The molecule has 29 heavy (non-hydrogen) atoms. The van der Waals surface area contributed by atoms with Crippen LogP contribution in [0.3, 0.4) is 0 Å². The number of anilines is 1. The van der Waals surface area contributed by atoms with E-state index in [9.17, 15) is 8.42 Å². The lowest BCUT2D eigenvalue weighted by molar-refractivity contribution is 0.588. The lowest BCUT2D eigenvalue weighted by Crippen LogP contribution is -2.44. The summed E-state index contributed by atoms with van der Waals surface area (Å²) in [5.74, 6) is 0.745. The third-order valence-electron chi connectivity index (χ3n) is 4.89. The molecule has 0 radical (unpaired) electrons. The van der Waals surface area contributed by atoms with E-state index >= 15 is 0 Å². The van der Waals surface area contributed by atoms with Gasteiger partial charge in [0.25, 0.3) is 0 Å². The Morgan fingerprint density at radius 2 is 1.97 bits per heavy atom. The van der Waals surface area contributed by atoms with Crippen LogP contribution in [0, 0.1) is 0 Å². The molecule has 1 aliphatic rings. The van der Waals surface area contributed by atoms with E-state index in [0.717, 1.165) is 37.6 Å². The van der Waals surface area contributed by atoms with Crippen LogP contribution in [0.4, 0.5) is 5.69 Å². The highest BCUT2D eigenvalue weighted by Crippen LogP contribution is 2.19. The van der Waals surface area contributed by atoms with Gasteiger partial charge in [-0.15, -0.1) is 0 Å². The fraction of sp³-hybridized carbons (Fsp3) is 0.381. The summed E-state index contributed by atoms with van der Waals surface area (Å²) < 4.78 is 26.3. The molecule has 1 heterocycles. The number of sulfonamides is 1. The quantitative estimate of drug-likeness (QED) is 0.475. The molecular formula is C21H29N5O2S. The van der Waals surface area contributed by atoms with E-state index in [2.05, 4.69) is 49.5 Å². The summed E-state index contributed by atoms with van der Waals surface area (Å²) in [5, 5.41) is 6.79. The predicted octanol–water partition coefficient (Wildman–Crippen LogP) is 1.93. The number of para-hydroxylation sites is 1. The number of guanidine groups is 1. The maximum Gasteiger partial charge on any atom is 0.240 e. The summed E-state index contributed by atoms with van der Waals surface area (Å²) >= 11 is 0. The molecule has 0 bridgehead atoms. The lowest BCUT2D eigenvalue weighted by atomic mass is 10.2. The molecule has 0 amide bonds. The Morgan fingerprint density at radius 3 is 2.69 bits per heavy atom. The number of hydrogen-bond donors (Lipinski definition) is 3. The zero-order valence-electron chi connectivity index (χ0n) is 16.9. The van der Waals surface area contributed by atoms with Crippen LogP contribution in [0.25, 0.3) is 0 Å². The first-order chi connectivity index (χ1) is 14.0. The zero-order valence-corrected chi connectivity index (χ0v) is 17.7. The summed E-state index contributed by atoms with van der Waals surface area (Å²) in [4.78, 5) is 7.27. The Bertz CT molecular complexity index is 931. The van der Waals surface area contributed by atoms with Gasteiger partial charge in [0.2, 0.25) is 10.0 Å². The number of rotatable bonds is 7. The Kier molecular flexibility index (Phi) is 7.11. The number of aliphatic imine (C=N–C) groups is 1. The molecule has 8 heteroatoms. The third-order valence-corrected chi connectivity index (χ3v) is 6.30. The average molecular weight is 416 g/mol. The molecule has 1 atom stereocenters. The van der Waals surface area contributed by atoms with Crippen LogP contribution in [-0.4, -0.2) is 47.1 Å². The first-order valence-corrected chi connectivity index (χ1v) is 11.4. The van der Waals surface area contributed by atoms with Crippen LogP contribution in [0.5, 0.6) is 0 Å². The Morgan fingerprint density at radius 1 is 1.17 bits per heavy atom. The van der Waals surface area contributed by atoms with Gasteiger partial charge >= 0.3 is 0 Å². The molecule has 2 aromatic rings. The van der Waals surface area contributed by atoms with Crippen molar-refractivity contribution in [2.24, 2.45) is 4.99 Å². The van der Waals surface area contributed by atoms with Gasteiger partial charge in [-0.25, -0.2) is 18.1 Å². The fourth-order valence-electron chi connectivity index (χ4n) is 3.36. The fourth-order valence-corrected chi connectivity index (χ4v) is 4.16. The van der Waals surface area contributed by atoms with Gasteiger partial charge in [-0.05, 0) is 50.2 Å². The highest BCUT2D eigenvalue weighted by molar-refractivity contribution is 7.89. The van der Waals surface area contributed by atoms with Crippen molar-refractivity contribution < 1.29 is 8.42 Å². The Hall–Kier alpha value is -2.58. The van der Waals surface area contributed by atoms with Gasteiger partial charge in [0, 0.05) is 31.4 Å². The van der Waals surface area contributed by atoms with Crippen molar-refractivity contribution in [3.8, 4) is 0 Å². The summed E-state index contributed by atoms with van der Waals surface area (Å²) in [6.45, 7) is 5.12. The minimum atomic E-state index is -3.46. The molecule has 0 aromatic heterocycles. The summed E-state index contributed by atoms with van der Waals surface area (Å²) in [7, 11) is -2.05. The second-order valence-corrected chi connectivity index (χ2v) is 8.85. The first-order valence-electron chi connectivity index (χ1n) is 9.89. The Balaban J connectivity index is 1.64. The standard InChI is InChI=1S/C21H29N5O2S/c1-3-23-21(24-15-17-8-7-11-20(14-17)29(27,28)22-2)25-18-12-13-26(16-18)19-9-5-4-6-10-19/h4-11,14,18,22H,3,12-13,15-16H2,1-2H3,(H2,23,24,25). The monoisotopic (exact) mass is 415 g/mol. The van der Waals surface area contributed by atoms with Crippen molar-refractivity contribution in [3.05, 3.63) is 60.2 Å². The molecule has 3 N–H and O–H groups in total. The summed E-state index contributed by atoms with van der Waals surface area (Å²) in [6, 6.07) is 17.6. The van der Waals surface area contributed by atoms with Crippen LogP contribution in [0.1, 0.15) is 18.9 Å². The van der Waals surface area contributed by atoms with Gasteiger partial charge in [-0.2, -0.15) is 0 Å². The second-order valence-electron chi connectivity index (χ2n) is 6.96. The second kappa shape index (κ2) is 9.76. The Labute approximate surface area is 173 Å². The van der Waals surface area contributed by atoms with Gasteiger partial charge in [0.05, 0.1) is 11.4 Å². The van der Waals surface area contributed by atoms with E-state index in [-0.39, 0.29) is 4.90 Å². The van der Waals surface area contributed by atoms with Gasteiger partial charge in [0.1, 0.15) is 0 Å². The highest BCUT2D eigenvalue weighted by Gasteiger charge is 2.23. The van der Waals surface area contributed by atoms with E-state index in [4.69, 9.17) is 0 Å². The molecule has 156 valence electrons. The van der Waals surface area contributed by atoms with Gasteiger partial charge < -0.3 is 15.5 Å². The normalized spacial score (nSPS) is 17.4. The molecule has 0 spiro atoms. The van der Waals surface area contributed by atoms with Crippen LogP contribution < -0.4 is 20.3 Å². The van der Waals surface area contributed by atoms with Crippen LogP contribution in [0.2, 0.25) is 0 Å². The molecule has 2 aromatic carbocycles. The topological polar surface area (TPSA) is 85.8 Å². The molecule has 1 unspecified atom stereocenters. The minimum Gasteiger partial charge on any atom is -0.369 e. The number of nitrogens with one attached hydrogen (secondary N) is 3. The van der Waals surface area contributed by atoms with Gasteiger partial charge in [0.15, 0.2) is 5.96 Å². The molecule has 1 fully saturated rings. The van der Waals surface area contributed by atoms with Crippen molar-refractivity contribution in [1.29, 1.82) is 0 Å². The van der Waals surface area contributed by atoms with E-state index in [1.54, 1.807) is 18.2 Å². The van der Waals surface area contributed by atoms with Crippen molar-refractivity contribution in [2.75, 3.05) is 31.6 Å². The molecule has 7 nitrogen and oxygen atoms in total. The first kappa shape index (κ1) is 21.1. The largest absolute Gasteiger partial charge is 0.369 e. The number of hydrogen-bond acceptors (Lipinski definition) is 4. The van der Waals surface area contributed by atoms with Gasteiger partial charge in [-0.3, -0.25) is 0 Å². The molecule has 3 rings (SSSR count). The van der Waals surface area contributed by atoms with Crippen LogP contribution in [0.15, 0.2) is 64.5 Å². The zero-order chi connectivity index (χ0) is 20.7.